The van der Waals surface area contributed by atoms with Crippen molar-refractivity contribution >= 4 is 23.3 Å². The highest BCUT2D eigenvalue weighted by molar-refractivity contribution is 5.92. The molecule has 0 unspecified atom stereocenters. The minimum atomic E-state index is -0.403. The molecule has 0 aliphatic heterocycles. The first-order valence-electron chi connectivity index (χ1n) is 6.54. The number of nitrogens with one attached hydrogen (secondary N) is 1. The molecule has 0 saturated carbocycles. The van der Waals surface area contributed by atoms with E-state index in [0.717, 1.165) is 0 Å². The lowest BCUT2D eigenvalue weighted by molar-refractivity contribution is -0.119. The molecule has 0 bridgehead atoms. The Morgan fingerprint density at radius 2 is 2.05 bits per heavy atom. The normalized spacial score (nSPS) is 9.95. The minimum Gasteiger partial charge on any atom is -0.462 e. The van der Waals surface area contributed by atoms with Gasteiger partial charge in [-0.15, -0.1) is 0 Å². The summed E-state index contributed by atoms with van der Waals surface area (Å²) in [5, 5.41) is 2.71. The largest absolute Gasteiger partial charge is 0.462 e. The van der Waals surface area contributed by atoms with Crippen molar-refractivity contribution in [3.63, 3.8) is 0 Å². The van der Waals surface area contributed by atoms with Gasteiger partial charge in [-0.1, -0.05) is 0 Å². The summed E-state index contributed by atoms with van der Waals surface area (Å²) in [4.78, 5) is 25.0. The zero-order valence-corrected chi connectivity index (χ0v) is 12.1. The van der Waals surface area contributed by atoms with Crippen molar-refractivity contribution in [2.75, 3.05) is 37.4 Å². The average Bonchev–Trinajstić information content (AvgIpc) is 2.39. The summed E-state index contributed by atoms with van der Waals surface area (Å²) >= 11 is 0. The second kappa shape index (κ2) is 7.37. The number of rotatable bonds is 6. The van der Waals surface area contributed by atoms with Gasteiger partial charge in [0.2, 0.25) is 5.91 Å². The molecule has 6 nitrogen and oxygen atoms in total. The molecule has 0 heterocycles. The van der Waals surface area contributed by atoms with Crippen molar-refractivity contribution in [2.45, 2.75) is 13.8 Å². The maximum absolute atomic E-state index is 11.7. The van der Waals surface area contributed by atoms with Gasteiger partial charge in [0.15, 0.2) is 0 Å². The minimum absolute atomic E-state index is 0.101. The Labute approximate surface area is 118 Å². The topological polar surface area (TPSA) is 84.7 Å². The molecule has 0 fully saturated rings. The lowest BCUT2D eigenvalue weighted by Crippen LogP contribution is -2.35. The average molecular weight is 279 g/mol. The van der Waals surface area contributed by atoms with E-state index in [1.807, 2.05) is 6.92 Å². The van der Waals surface area contributed by atoms with E-state index >= 15 is 0 Å². The molecule has 20 heavy (non-hydrogen) atoms. The van der Waals surface area contributed by atoms with Crippen LogP contribution >= 0.6 is 0 Å². The molecule has 1 rings (SSSR count). The maximum Gasteiger partial charge on any atom is 0.338 e. The van der Waals surface area contributed by atoms with E-state index in [9.17, 15) is 9.59 Å². The van der Waals surface area contributed by atoms with Crippen LogP contribution in [0.4, 0.5) is 11.4 Å². The van der Waals surface area contributed by atoms with Gasteiger partial charge in [0.1, 0.15) is 0 Å². The van der Waals surface area contributed by atoms with Crippen molar-refractivity contribution in [1.82, 2.24) is 5.32 Å². The number of nitrogens with zero attached hydrogens (tertiary/aromatic N) is 1. The van der Waals surface area contributed by atoms with Crippen LogP contribution < -0.4 is 16.0 Å². The Kier molecular flexibility index (Phi) is 5.83. The van der Waals surface area contributed by atoms with E-state index in [1.54, 1.807) is 37.1 Å². The van der Waals surface area contributed by atoms with Crippen molar-refractivity contribution in [1.29, 1.82) is 0 Å². The molecule has 0 atom stereocenters. The van der Waals surface area contributed by atoms with Crippen LogP contribution in [0.1, 0.15) is 24.2 Å². The van der Waals surface area contributed by atoms with Gasteiger partial charge in [-0.3, -0.25) is 4.79 Å². The van der Waals surface area contributed by atoms with Crippen molar-refractivity contribution in [2.24, 2.45) is 0 Å². The van der Waals surface area contributed by atoms with Gasteiger partial charge in [0, 0.05) is 13.6 Å². The zero-order chi connectivity index (χ0) is 15.1. The Morgan fingerprint density at radius 3 is 2.65 bits per heavy atom. The van der Waals surface area contributed by atoms with E-state index < -0.39 is 5.97 Å². The van der Waals surface area contributed by atoms with Gasteiger partial charge < -0.3 is 20.7 Å². The molecule has 0 spiro atoms. The number of anilines is 2. The number of ether oxygens (including phenoxy) is 1. The predicted octanol–water partition coefficient (Wildman–Crippen LogP) is 1.02. The summed E-state index contributed by atoms with van der Waals surface area (Å²) in [7, 11) is 1.75. The van der Waals surface area contributed by atoms with E-state index in [1.165, 1.54) is 0 Å². The smallest absolute Gasteiger partial charge is 0.338 e. The quantitative estimate of drug-likeness (QED) is 0.600. The molecule has 1 aromatic rings. The molecule has 0 aliphatic carbocycles. The van der Waals surface area contributed by atoms with Crippen molar-refractivity contribution in [3.05, 3.63) is 23.8 Å². The lowest BCUT2D eigenvalue weighted by Gasteiger charge is -2.21. The molecule has 6 heteroatoms. The predicted molar refractivity (Wildman–Crippen MR) is 78.8 cm³/mol. The van der Waals surface area contributed by atoms with Crippen molar-refractivity contribution < 1.29 is 14.3 Å². The van der Waals surface area contributed by atoms with Gasteiger partial charge in [-0.05, 0) is 32.0 Å². The molecule has 1 aromatic carbocycles. The highest BCUT2D eigenvalue weighted by Gasteiger charge is 2.13. The third kappa shape index (κ3) is 4.15. The number of esters is 1. The zero-order valence-electron chi connectivity index (χ0n) is 12.1. The summed E-state index contributed by atoms with van der Waals surface area (Å²) in [6.07, 6.45) is 0. The Hall–Kier alpha value is -2.24. The summed E-state index contributed by atoms with van der Waals surface area (Å²) in [6.45, 7) is 4.66. The highest BCUT2D eigenvalue weighted by Crippen LogP contribution is 2.23. The molecular weight excluding hydrogens is 258 g/mol. The molecule has 0 saturated heterocycles. The van der Waals surface area contributed by atoms with Crippen LogP contribution in [0.25, 0.3) is 0 Å². The maximum atomic E-state index is 11.7. The first-order valence-corrected chi connectivity index (χ1v) is 6.54. The number of nitrogen functional groups attached to an aromatic ring is 1. The number of nitrogens with two attached hydrogens (primary N) is 1. The number of hydrogen-bond acceptors (Lipinski definition) is 5. The summed E-state index contributed by atoms with van der Waals surface area (Å²) in [6, 6.07) is 4.87. The van der Waals surface area contributed by atoms with Crippen LogP contribution in [0.5, 0.6) is 0 Å². The Bertz CT molecular complexity index is 489. The molecule has 3 N–H and O–H groups in total. The summed E-state index contributed by atoms with van der Waals surface area (Å²) in [5.41, 5.74) is 7.44. The van der Waals surface area contributed by atoms with E-state index in [0.29, 0.717) is 30.1 Å². The van der Waals surface area contributed by atoms with Crippen molar-refractivity contribution in [3.8, 4) is 0 Å². The van der Waals surface area contributed by atoms with E-state index in [4.69, 9.17) is 10.5 Å². The van der Waals surface area contributed by atoms with Gasteiger partial charge in [0.05, 0.1) is 30.1 Å². The van der Waals surface area contributed by atoms with E-state index in [2.05, 4.69) is 5.32 Å². The molecule has 0 radical (unpaired) electrons. The fourth-order valence-electron chi connectivity index (χ4n) is 1.77. The fraction of sp³-hybridized carbons (Fsp3) is 0.429. The van der Waals surface area contributed by atoms with Crippen LogP contribution in [0.2, 0.25) is 0 Å². The Morgan fingerprint density at radius 1 is 1.35 bits per heavy atom. The number of carbonyl (C=O) groups is 2. The van der Waals surface area contributed by atoms with Crippen LogP contribution in [0.15, 0.2) is 18.2 Å². The van der Waals surface area contributed by atoms with Gasteiger partial charge in [-0.2, -0.15) is 0 Å². The number of amides is 1. The molecule has 0 aromatic heterocycles. The van der Waals surface area contributed by atoms with Gasteiger partial charge in [0.25, 0.3) is 0 Å². The second-order valence-electron chi connectivity index (χ2n) is 4.30. The van der Waals surface area contributed by atoms with Gasteiger partial charge >= 0.3 is 5.97 Å². The standard InChI is InChI=1S/C14H21N3O3/c1-4-16-13(18)9-17(3)12-8-10(6-7-11(12)15)14(19)20-5-2/h6-8H,4-5,9,15H2,1-3H3,(H,16,18). The number of likely N-dealkylation sites (N-methyl/N-ethyl adjacent to an activating group) is 2. The summed E-state index contributed by atoms with van der Waals surface area (Å²) < 4.78 is 4.94. The Balaban J connectivity index is 2.90. The third-order valence-corrected chi connectivity index (χ3v) is 2.71. The summed E-state index contributed by atoms with van der Waals surface area (Å²) in [5.74, 6) is -0.504. The van der Waals surface area contributed by atoms with Crippen LogP contribution in [-0.4, -0.2) is 38.6 Å². The first kappa shape index (κ1) is 15.8. The number of hydrogen-bond donors (Lipinski definition) is 2. The van der Waals surface area contributed by atoms with E-state index in [-0.39, 0.29) is 12.5 Å². The van der Waals surface area contributed by atoms with Crippen LogP contribution in [0.3, 0.4) is 0 Å². The number of carbonyl (C=O) groups excluding carboxylic acids is 2. The molecule has 0 aliphatic rings. The third-order valence-electron chi connectivity index (χ3n) is 2.71. The van der Waals surface area contributed by atoms with Crippen LogP contribution in [-0.2, 0) is 9.53 Å². The SMILES string of the molecule is CCNC(=O)CN(C)c1cc(C(=O)OCC)ccc1N. The molecular formula is C14H21N3O3. The van der Waals surface area contributed by atoms with Gasteiger partial charge in [-0.25, -0.2) is 4.79 Å². The monoisotopic (exact) mass is 279 g/mol. The highest BCUT2D eigenvalue weighted by atomic mass is 16.5. The number of benzene rings is 1. The fourth-order valence-corrected chi connectivity index (χ4v) is 1.77. The second-order valence-corrected chi connectivity index (χ2v) is 4.30. The first-order chi connectivity index (χ1) is 9.49. The van der Waals surface area contributed by atoms with Crippen LogP contribution in [0, 0.1) is 0 Å². The molecule has 1 amide bonds. The lowest BCUT2D eigenvalue weighted by atomic mass is 10.1. The molecule has 110 valence electrons.